The summed E-state index contributed by atoms with van der Waals surface area (Å²) in [5.41, 5.74) is 7.76. The molecule has 36 heavy (non-hydrogen) atoms. The van der Waals surface area contributed by atoms with E-state index in [9.17, 15) is 9.18 Å². The topological polar surface area (TPSA) is 37.3 Å². The number of rotatable bonds is 11. The van der Waals surface area contributed by atoms with E-state index in [1.54, 1.807) is 18.2 Å². The van der Waals surface area contributed by atoms with Gasteiger partial charge in [0.1, 0.15) is 5.82 Å². The lowest BCUT2D eigenvalue weighted by Crippen LogP contribution is -2.04. The van der Waals surface area contributed by atoms with E-state index in [0.717, 1.165) is 24.0 Å². The van der Waals surface area contributed by atoms with E-state index in [2.05, 4.69) is 51.1 Å². The zero-order chi connectivity index (χ0) is 26.3. The van der Waals surface area contributed by atoms with Gasteiger partial charge in [-0.15, -0.1) is 0 Å². The van der Waals surface area contributed by atoms with Gasteiger partial charge in [-0.2, -0.15) is 0 Å². The van der Waals surface area contributed by atoms with Crippen molar-refractivity contribution in [2.45, 2.75) is 78.6 Å². The first-order chi connectivity index (χ1) is 17.3. The minimum atomic E-state index is -0.917. The Morgan fingerprint density at radius 1 is 0.889 bits per heavy atom. The summed E-state index contributed by atoms with van der Waals surface area (Å²) in [6, 6.07) is 21.7. The van der Waals surface area contributed by atoms with E-state index >= 15 is 0 Å². The maximum atomic E-state index is 12.1. The van der Waals surface area contributed by atoms with Crippen molar-refractivity contribution in [2.24, 2.45) is 0 Å². The molecule has 0 amide bonds. The molecule has 0 aliphatic carbocycles. The second-order valence-electron chi connectivity index (χ2n) is 9.55. The van der Waals surface area contributed by atoms with Crippen LogP contribution >= 0.6 is 0 Å². The lowest BCUT2D eigenvalue weighted by atomic mass is 9.87. The molecule has 3 rings (SSSR count). The molecule has 0 saturated carbocycles. The van der Waals surface area contributed by atoms with Gasteiger partial charge >= 0.3 is 5.97 Å². The Morgan fingerprint density at radius 2 is 1.50 bits per heavy atom. The average Bonchev–Trinajstić information content (AvgIpc) is 2.87. The van der Waals surface area contributed by atoms with Crippen LogP contribution in [0.1, 0.15) is 85.8 Å². The molecule has 0 fully saturated rings. The lowest BCUT2D eigenvalue weighted by Gasteiger charge is -2.18. The Balaban J connectivity index is 0.000000482. The number of aliphatic carboxylic acids is 1. The van der Waals surface area contributed by atoms with Crippen molar-refractivity contribution in [1.29, 1.82) is 0 Å². The monoisotopic (exact) mass is 488 g/mol. The molecule has 2 nitrogen and oxygen atoms in total. The number of carboxylic acids is 1. The van der Waals surface area contributed by atoms with Crippen LogP contribution in [0.3, 0.4) is 0 Å². The van der Waals surface area contributed by atoms with Gasteiger partial charge in [-0.1, -0.05) is 93.8 Å². The Kier molecular flexibility index (Phi) is 12.7. The molecule has 0 spiro atoms. The zero-order valence-electron chi connectivity index (χ0n) is 22.3. The van der Waals surface area contributed by atoms with Crippen LogP contribution in [0.5, 0.6) is 0 Å². The van der Waals surface area contributed by atoms with E-state index in [1.165, 1.54) is 72.6 Å². The summed E-state index contributed by atoms with van der Waals surface area (Å²) in [6.45, 7) is 8.75. The van der Waals surface area contributed by atoms with Crippen LogP contribution in [-0.2, 0) is 24.1 Å². The van der Waals surface area contributed by atoms with Gasteiger partial charge in [-0.3, -0.25) is 0 Å². The Hall–Kier alpha value is -3.20. The molecule has 0 saturated heterocycles. The summed E-state index contributed by atoms with van der Waals surface area (Å²) >= 11 is 0. The van der Waals surface area contributed by atoms with Crippen LogP contribution in [0, 0.1) is 12.7 Å². The highest BCUT2D eigenvalue weighted by Gasteiger charge is 2.12. The molecule has 0 bridgehead atoms. The third-order valence-electron chi connectivity index (χ3n) is 6.31. The smallest absolute Gasteiger partial charge is 0.328 e. The number of hydrogen-bond donors (Lipinski definition) is 1. The molecule has 192 valence electrons. The van der Waals surface area contributed by atoms with Crippen LogP contribution in [0.4, 0.5) is 4.39 Å². The number of unbranched alkanes of at least 4 members (excludes halogenated alkanes) is 2. The lowest BCUT2D eigenvalue weighted by molar-refractivity contribution is -0.131. The van der Waals surface area contributed by atoms with Gasteiger partial charge in [-0.25, -0.2) is 9.18 Å². The van der Waals surface area contributed by atoms with Gasteiger partial charge in [-0.05, 0) is 91.0 Å². The van der Waals surface area contributed by atoms with E-state index < -0.39 is 5.97 Å². The van der Waals surface area contributed by atoms with Gasteiger partial charge in [0, 0.05) is 6.08 Å². The fourth-order valence-corrected chi connectivity index (χ4v) is 4.19. The minimum absolute atomic E-state index is 0.171. The van der Waals surface area contributed by atoms with Crippen LogP contribution in [0.2, 0.25) is 0 Å². The van der Waals surface area contributed by atoms with E-state index in [1.807, 2.05) is 19.1 Å². The Bertz CT molecular complexity index is 1060. The molecule has 0 aliphatic heterocycles. The second kappa shape index (κ2) is 15.7. The summed E-state index contributed by atoms with van der Waals surface area (Å²) < 4.78 is 12.1. The average molecular weight is 489 g/mol. The molecule has 1 unspecified atom stereocenters. The van der Waals surface area contributed by atoms with Crippen LogP contribution < -0.4 is 0 Å². The maximum absolute atomic E-state index is 12.1. The largest absolute Gasteiger partial charge is 0.478 e. The third kappa shape index (κ3) is 10.6. The molecule has 1 atom stereocenters. The molecule has 0 aromatic heterocycles. The molecule has 0 aliphatic rings. The fourth-order valence-electron chi connectivity index (χ4n) is 4.19. The number of aryl methyl sites for hydroxylation is 3. The van der Waals surface area contributed by atoms with Crippen molar-refractivity contribution in [2.75, 3.05) is 0 Å². The quantitative estimate of drug-likeness (QED) is 0.274. The molecule has 3 aromatic carbocycles. The van der Waals surface area contributed by atoms with Gasteiger partial charge in [0.2, 0.25) is 0 Å². The van der Waals surface area contributed by atoms with Gasteiger partial charge in [0.15, 0.2) is 0 Å². The summed E-state index contributed by atoms with van der Waals surface area (Å²) in [4.78, 5) is 10.6. The molecular formula is C33H41FO2. The normalized spacial score (nSPS) is 11.7. The number of carbonyl (C=O) groups is 1. The SMILES string of the molecule is CCCCc1ccc(C(C)Cc2ccc(/C=C/C(=O)O)cc2)c(CCCC)c1.Cc1ccc(F)cc1. The fraction of sp³-hybridized carbons (Fsp3) is 0.364. The standard InChI is InChI=1S/C26H34O2.C7H7F/c1-4-6-8-22-14-16-25(24(19-22)9-7-5-2)20(3)18-23-12-10-21(11-13-23)15-17-26(27)28;1-6-2-4-7(8)5-3-6/h10-17,19-20H,4-9,18H2,1-3H3,(H,27,28);2-5H,1H3/b17-15+;. The Labute approximate surface area is 216 Å². The molecular weight excluding hydrogens is 447 g/mol. The highest BCUT2D eigenvalue weighted by atomic mass is 19.1. The third-order valence-corrected chi connectivity index (χ3v) is 6.31. The number of halogens is 1. The maximum Gasteiger partial charge on any atom is 0.328 e. The molecule has 0 heterocycles. The van der Waals surface area contributed by atoms with Gasteiger partial charge in [0.25, 0.3) is 0 Å². The predicted octanol–water partition coefficient (Wildman–Crippen LogP) is 8.95. The highest BCUT2D eigenvalue weighted by molar-refractivity contribution is 5.85. The minimum Gasteiger partial charge on any atom is -0.478 e. The second-order valence-corrected chi connectivity index (χ2v) is 9.55. The summed E-state index contributed by atoms with van der Waals surface area (Å²) in [5.74, 6) is -0.622. The number of hydrogen-bond acceptors (Lipinski definition) is 1. The van der Waals surface area contributed by atoms with Crippen LogP contribution in [0.15, 0.2) is 72.8 Å². The van der Waals surface area contributed by atoms with Crippen molar-refractivity contribution in [3.63, 3.8) is 0 Å². The first-order valence-corrected chi connectivity index (χ1v) is 13.2. The van der Waals surface area contributed by atoms with Crippen LogP contribution in [-0.4, -0.2) is 11.1 Å². The number of carboxylic acid groups (broad SMARTS) is 1. The van der Waals surface area contributed by atoms with E-state index in [-0.39, 0.29) is 5.82 Å². The van der Waals surface area contributed by atoms with Crippen LogP contribution in [0.25, 0.3) is 6.08 Å². The zero-order valence-corrected chi connectivity index (χ0v) is 22.3. The number of benzene rings is 3. The summed E-state index contributed by atoms with van der Waals surface area (Å²) in [7, 11) is 0. The highest BCUT2D eigenvalue weighted by Crippen LogP contribution is 2.27. The first-order valence-electron chi connectivity index (χ1n) is 13.2. The van der Waals surface area contributed by atoms with E-state index in [4.69, 9.17) is 5.11 Å². The van der Waals surface area contributed by atoms with Gasteiger partial charge in [0.05, 0.1) is 0 Å². The van der Waals surface area contributed by atoms with Crippen molar-refractivity contribution in [3.8, 4) is 0 Å². The van der Waals surface area contributed by atoms with Crippen molar-refractivity contribution >= 4 is 12.0 Å². The molecule has 3 heteroatoms. The molecule has 3 aromatic rings. The first kappa shape index (κ1) is 29.0. The predicted molar refractivity (Wildman–Crippen MR) is 150 cm³/mol. The van der Waals surface area contributed by atoms with E-state index in [0.29, 0.717) is 5.92 Å². The van der Waals surface area contributed by atoms with Crippen molar-refractivity contribution in [1.82, 2.24) is 0 Å². The van der Waals surface area contributed by atoms with Crippen molar-refractivity contribution < 1.29 is 14.3 Å². The Morgan fingerprint density at radius 3 is 2.08 bits per heavy atom. The summed E-state index contributed by atoms with van der Waals surface area (Å²) in [5, 5.41) is 8.74. The molecule has 1 N–H and O–H groups in total. The molecule has 0 radical (unpaired) electrons. The summed E-state index contributed by atoms with van der Waals surface area (Å²) in [6.07, 6.45) is 11.1. The van der Waals surface area contributed by atoms with Gasteiger partial charge < -0.3 is 5.11 Å². The van der Waals surface area contributed by atoms with Crippen molar-refractivity contribution in [3.05, 3.63) is 112 Å².